The number of carbonyl (C=O) groups excluding carboxylic acids is 2. The summed E-state index contributed by atoms with van der Waals surface area (Å²) in [6.07, 6.45) is 1.08. The highest BCUT2D eigenvalue weighted by Gasteiger charge is 2.22. The molecule has 0 aromatic heterocycles. The second kappa shape index (κ2) is 10.2. The van der Waals surface area contributed by atoms with Gasteiger partial charge in [0, 0.05) is 0 Å². The van der Waals surface area contributed by atoms with Crippen LogP contribution in [0.3, 0.4) is 0 Å². The summed E-state index contributed by atoms with van der Waals surface area (Å²) in [5.41, 5.74) is 0.494. The Hall–Kier alpha value is -2.61. The lowest BCUT2D eigenvalue weighted by molar-refractivity contribution is -0.124. The van der Waals surface area contributed by atoms with E-state index in [0.29, 0.717) is 11.3 Å². The maximum absolute atomic E-state index is 11.1. The van der Waals surface area contributed by atoms with Crippen LogP contribution in [0.5, 0.6) is 5.75 Å². The van der Waals surface area contributed by atoms with Crippen molar-refractivity contribution in [3.05, 3.63) is 41.7 Å². The van der Waals surface area contributed by atoms with E-state index < -0.39 is 11.8 Å². The maximum Gasteiger partial charge on any atom is 0.294 e. The molecule has 118 valence electrons. The van der Waals surface area contributed by atoms with Gasteiger partial charge in [-0.25, -0.2) is 0 Å². The Kier molecular flexibility index (Phi) is 8.96. The normalized spacial score (nSPS) is 12.1. The molecule has 5 nitrogen and oxygen atoms in total. The SMILES string of the molecule is CC.CC(C)C.N#Cc1ccc(OC2=CC(=O)NC2=O)cc1. The van der Waals surface area contributed by atoms with Crippen LogP contribution in [0.15, 0.2) is 36.1 Å². The van der Waals surface area contributed by atoms with Gasteiger partial charge in [0.2, 0.25) is 0 Å². The van der Waals surface area contributed by atoms with Gasteiger partial charge in [0.05, 0.1) is 17.7 Å². The predicted molar refractivity (Wildman–Crippen MR) is 84.9 cm³/mol. The van der Waals surface area contributed by atoms with Crippen molar-refractivity contribution in [2.24, 2.45) is 5.92 Å². The Labute approximate surface area is 131 Å². The number of imide groups is 1. The van der Waals surface area contributed by atoms with Gasteiger partial charge in [0.25, 0.3) is 11.8 Å². The first-order valence-corrected chi connectivity index (χ1v) is 7.17. The molecule has 0 fully saturated rings. The van der Waals surface area contributed by atoms with Gasteiger partial charge in [-0.3, -0.25) is 14.9 Å². The number of carbonyl (C=O) groups is 2. The third-order valence-corrected chi connectivity index (χ3v) is 1.93. The van der Waals surface area contributed by atoms with E-state index in [1.165, 1.54) is 0 Å². The molecular formula is C17H22N2O3. The summed E-state index contributed by atoms with van der Waals surface area (Å²) in [5.74, 6) is 0.132. The molecule has 0 bridgehead atoms. The van der Waals surface area contributed by atoms with Crippen molar-refractivity contribution >= 4 is 11.8 Å². The third kappa shape index (κ3) is 7.25. The average Bonchev–Trinajstić information content (AvgIpc) is 2.79. The monoisotopic (exact) mass is 302 g/mol. The fraction of sp³-hybridized carbons (Fsp3) is 0.353. The van der Waals surface area contributed by atoms with Gasteiger partial charge in [-0.15, -0.1) is 0 Å². The predicted octanol–water partition coefficient (Wildman–Crippen LogP) is 3.17. The largest absolute Gasteiger partial charge is 0.451 e. The molecule has 0 atom stereocenters. The highest BCUT2D eigenvalue weighted by molar-refractivity contribution is 6.15. The number of hydrogen-bond donors (Lipinski definition) is 1. The Morgan fingerprint density at radius 1 is 1.09 bits per heavy atom. The summed E-state index contributed by atoms with van der Waals surface area (Å²) in [6, 6.07) is 8.18. The van der Waals surface area contributed by atoms with Gasteiger partial charge >= 0.3 is 0 Å². The summed E-state index contributed by atoms with van der Waals surface area (Å²) in [5, 5.41) is 10.6. The minimum atomic E-state index is -0.561. The molecule has 2 amide bonds. The number of nitrogens with one attached hydrogen (secondary N) is 1. The molecule has 1 aliphatic heterocycles. The second-order valence-corrected chi connectivity index (χ2v) is 4.80. The number of benzene rings is 1. The highest BCUT2D eigenvalue weighted by atomic mass is 16.5. The van der Waals surface area contributed by atoms with Crippen LogP contribution in [0.25, 0.3) is 0 Å². The standard InChI is InChI=1S/C11H6N2O3.C4H10.C2H6/c12-6-7-1-3-8(4-2-7)16-9-5-10(14)13-11(9)15;1-4(2)3;1-2/h1-5H,(H,13,14,15);4H,1-3H3;1-2H3. The number of hydrogen-bond acceptors (Lipinski definition) is 4. The lowest BCUT2D eigenvalue weighted by Crippen LogP contribution is -2.23. The maximum atomic E-state index is 11.1. The van der Waals surface area contributed by atoms with Gasteiger partial charge in [0.1, 0.15) is 5.75 Å². The number of rotatable bonds is 2. The molecule has 0 saturated carbocycles. The molecule has 1 aromatic carbocycles. The Morgan fingerprint density at radius 3 is 1.95 bits per heavy atom. The van der Waals surface area contributed by atoms with Crippen molar-refractivity contribution in [2.45, 2.75) is 34.6 Å². The van der Waals surface area contributed by atoms with E-state index in [9.17, 15) is 9.59 Å². The first-order valence-electron chi connectivity index (χ1n) is 7.17. The molecule has 0 unspecified atom stereocenters. The van der Waals surface area contributed by atoms with E-state index in [1.54, 1.807) is 24.3 Å². The van der Waals surface area contributed by atoms with Crippen LogP contribution in [0, 0.1) is 17.2 Å². The smallest absolute Gasteiger partial charge is 0.294 e. The van der Waals surface area contributed by atoms with Gasteiger partial charge in [0.15, 0.2) is 5.76 Å². The van der Waals surface area contributed by atoms with Crippen LogP contribution in [-0.2, 0) is 9.59 Å². The van der Waals surface area contributed by atoms with Crippen LogP contribution < -0.4 is 10.1 Å². The van der Waals surface area contributed by atoms with Crippen LogP contribution in [0.2, 0.25) is 0 Å². The molecule has 1 N–H and O–H groups in total. The molecule has 0 saturated heterocycles. The molecule has 1 heterocycles. The molecule has 0 radical (unpaired) electrons. The molecule has 0 aliphatic carbocycles. The molecule has 22 heavy (non-hydrogen) atoms. The van der Waals surface area contributed by atoms with E-state index >= 15 is 0 Å². The van der Waals surface area contributed by atoms with Crippen molar-refractivity contribution < 1.29 is 14.3 Å². The van der Waals surface area contributed by atoms with E-state index in [-0.39, 0.29) is 5.76 Å². The van der Waals surface area contributed by atoms with Crippen LogP contribution in [0.4, 0.5) is 0 Å². The first kappa shape index (κ1) is 19.4. The van der Waals surface area contributed by atoms with E-state index in [2.05, 4.69) is 26.1 Å². The van der Waals surface area contributed by atoms with E-state index in [1.807, 2.05) is 19.9 Å². The first-order chi connectivity index (χ1) is 10.4. The number of nitrogens with zero attached hydrogens (tertiary/aromatic N) is 1. The van der Waals surface area contributed by atoms with Crippen molar-refractivity contribution in [1.29, 1.82) is 5.26 Å². The van der Waals surface area contributed by atoms with Crippen LogP contribution in [0.1, 0.15) is 40.2 Å². The summed E-state index contributed by atoms with van der Waals surface area (Å²) in [4.78, 5) is 22.0. The van der Waals surface area contributed by atoms with Crippen molar-refractivity contribution in [3.8, 4) is 11.8 Å². The molecule has 1 aromatic rings. The average molecular weight is 302 g/mol. The quantitative estimate of drug-likeness (QED) is 0.851. The molecule has 5 heteroatoms. The van der Waals surface area contributed by atoms with Crippen LogP contribution >= 0.6 is 0 Å². The van der Waals surface area contributed by atoms with E-state index in [0.717, 1.165) is 12.0 Å². The molecule has 2 rings (SSSR count). The molecule has 0 spiro atoms. The summed E-state index contributed by atoms with van der Waals surface area (Å²) < 4.78 is 5.18. The minimum absolute atomic E-state index is 0.0466. The number of amides is 2. The van der Waals surface area contributed by atoms with Crippen molar-refractivity contribution in [1.82, 2.24) is 5.32 Å². The van der Waals surface area contributed by atoms with Crippen molar-refractivity contribution in [2.75, 3.05) is 0 Å². The van der Waals surface area contributed by atoms with Crippen LogP contribution in [-0.4, -0.2) is 11.8 Å². The number of ether oxygens (including phenoxy) is 1. The van der Waals surface area contributed by atoms with Gasteiger partial charge < -0.3 is 4.74 Å². The Bertz CT molecular complexity index is 564. The molecular weight excluding hydrogens is 280 g/mol. The zero-order valence-electron chi connectivity index (χ0n) is 13.6. The Balaban J connectivity index is 0.000000640. The zero-order valence-corrected chi connectivity index (χ0v) is 13.6. The van der Waals surface area contributed by atoms with Gasteiger partial charge in [-0.1, -0.05) is 34.6 Å². The lowest BCUT2D eigenvalue weighted by atomic mass is 10.2. The summed E-state index contributed by atoms with van der Waals surface area (Å²) in [7, 11) is 0. The third-order valence-electron chi connectivity index (χ3n) is 1.93. The lowest BCUT2D eigenvalue weighted by Gasteiger charge is -2.03. The minimum Gasteiger partial charge on any atom is -0.451 e. The zero-order chi connectivity index (χ0) is 17.1. The van der Waals surface area contributed by atoms with Crippen molar-refractivity contribution in [3.63, 3.8) is 0 Å². The fourth-order valence-corrected chi connectivity index (χ4v) is 1.19. The number of nitriles is 1. The van der Waals surface area contributed by atoms with E-state index in [4.69, 9.17) is 10.00 Å². The molecule has 1 aliphatic rings. The summed E-state index contributed by atoms with van der Waals surface area (Å²) in [6.45, 7) is 10.5. The highest BCUT2D eigenvalue weighted by Crippen LogP contribution is 2.16. The summed E-state index contributed by atoms with van der Waals surface area (Å²) >= 11 is 0. The fourth-order valence-electron chi connectivity index (χ4n) is 1.19. The van der Waals surface area contributed by atoms with Gasteiger partial charge in [-0.2, -0.15) is 5.26 Å². The van der Waals surface area contributed by atoms with Gasteiger partial charge in [-0.05, 0) is 30.2 Å². The second-order valence-electron chi connectivity index (χ2n) is 4.80. The topological polar surface area (TPSA) is 79.2 Å². The Morgan fingerprint density at radius 2 is 1.59 bits per heavy atom.